The van der Waals surface area contributed by atoms with E-state index in [4.69, 9.17) is 5.11 Å². The number of hydrogen-bond acceptors (Lipinski definition) is 4. The highest BCUT2D eigenvalue weighted by Crippen LogP contribution is 2.10. The molecule has 118 valence electrons. The summed E-state index contributed by atoms with van der Waals surface area (Å²) in [6.07, 6.45) is 1.96. The van der Waals surface area contributed by atoms with Crippen LogP contribution < -0.4 is 10.6 Å². The highest BCUT2D eigenvalue weighted by Gasteiger charge is 2.06. The molecule has 3 N–H and O–H groups in total. The second-order valence-corrected chi connectivity index (χ2v) is 6.59. The Kier molecular flexibility index (Phi) is 7.18. The van der Waals surface area contributed by atoms with Crippen LogP contribution in [0.5, 0.6) is 0 Å². The molecule has 7 heteroatoms. The zero-order chi connectivity index (χ0) is 15.7. The summed E-state index contributed by atoms with van der Waals surface area (Å²) in [5.41, 5.74) is 1.05. The maximum atomic E-state index is 11.4. The molecule has 1 aromatic carbocycles. The van der Waals surface area contributed by atoms with E-state index in [0.717, 1.165) is 18.5 Å². The van der Waals surface area contributed by atoms with Crippen LogP contribution in [0.15, 0.2) is 34.2 Å². The van der Waals surface area contributed by atoms with Gasteiger partial charge in [0.2, 0.25) is 0 Å². The van der Waals surface area contributed by atoms with Crippen molar-refractivity contribution in [2.24, 2.45) is 4.99 Å². The molecular formula is C14H23N3O3S. The zero-order valence-corrected chi connectivity index (χ0v) is 13.3. The fourth-order valence-corrected chi connectivity index (χ4v) is 2.36. The third-order valence-electron chi connectivity index (χ3n) is 2.77. The molecule has 0 fully saturated rings. The number of aliphatic hydroxyl groups is 1. The number of benzene rings is 1. The van der Waals surface area contributed by atoms with E-state index in [1.165, 1.54) is 6.26 Å². The van der Waals surface area contributed by atoms with Gasteiger partial charge in [0.1, 0.15) is 0 Å². The Morgan fingerprint density at radius 3 is 2.43 bits per heavy atom. The first-order chi connectivity index (χ1) is 9.97. The van der Waals surface area contributed by atoms with E-state index < -0.39 is 9.84 Å². The van der Waals surface area contributed by atoms with E-state index in [0.29, 0.717) is 23.9 Å². The van der Waals surface area contributed by atoms with Crippen molar-refractivity contribution in [3.05, 3.63) is 29.8 Å². The van der Waals surface area contributed by atoms with Crippen LogP contribution in [0.25, 0.3) is 0 Å². The Bertz CT molecular complexity index is 553. The molecule has 21 heavy (non-hydrogen) atoms. The molecule has 0 saturated heterocycles. The first-order valence-corrected chi connectivity index (χ1v) is 8.78. The Morgan fingerprint density at radius 2 is 1.90 bits per heavy atom. The Morgan fingerprint density at radius 1 is 1.24 bits per heavy atom. The van der Waals surface area contributed by atoms with Crippen LogP contribution in [0.2, 0.25) is 0 Å². The predicted octanol–water partition coefficient (Wildman–Crippen LogP) is 0.180. The molecule has 6 nitrogen and oxygen atoms in total. The quantitative estimate of drug-likeness (QED) is 0.493. The number of guanidine groups is 1. The maximum Gasteiger partial charge on any atom is 0.191 e. The Balaban J connectivity index is 2.51. The fourth-order valence-electron chi connectivity index (χ4n) is 1.73. The summed E-state index contributed by atoms with van der Waals surface area (Å²) >= 11 is 0. The second-order valence-electron chi connectivity index (χ2n) is 4.58. The molecule has 1 rings (SSSR count). The van der Waals surface area contributed by atoms with Gasteiger partial charge in [-0.1, -0.05) is 12.1 Å². The van der Waals surface area contributed by atoms with Crippen molar-refractivity contribution in [1.82, 2.24) is 10.6 Å². The molecular weight excluding hydrogens is 290 g/mol. The predicted molar refractivity (Wildman–Crippen MR) is 84.3 cm³/mol. The lowest BCUT2D eigenvalue weighted by Gasteiger charge is -2.11. The average molecular weight is 313 g/mol. The van der Waals surface area contributed by atoms with Gasteiger partial charge in [-0.2, -0.15) is 0 Å². The number of nitrogens with one attached hydrogen (secondary N) is 2. The van der Waals surface area contributed by atoms with E-state index in [1.807, 2.05) is 19.1 Å². The molecule has 0 atom stereocenters. The molecule has 0 saturated carbocycles. The number of aliphatic hydroxyl groups excluding tert-OH is 1. The van der Waals surface area contributed by atoms with Crippen LogP contribution in [0.3, 0.4) is 0 Å². The topological polar surface area (TPSA) is 90.8 Å². The highest BCUT2D eigenvalue weighted by molar-refractivity contribution is 7.90. The Labute approximate surface area is 126 Å². The van der Waals surface area contributed by atoms with Gasteiger partial charge in [-0.3, -0.25) is 4.99 Å². The number of aliphatic imine (C=N–C) groups is 1. The van der Waals surface area contributed by atoms with E-state index in [2.05, 4.69) is 15.6 Å². The first-order valence-electron chi connectivity index (χ1n) is 6.89. The van der Waals surface area contributed by atoms with Crippen LogP contribution in [0, 0.1) is 0 Å². The minimum absolute atomic E-state index is 0.0174. The minimum atomic E-state index is -3.14. The van der Waals surface area contributed by atoms with E-state index >= 15 is 0 Å². The van der Waals surface area contributed by atoms with E-state index in [9.17, 15) is 8.42 Å². The molecule has 0 bridgehead atoms. The lowest BCUT2D eigenvalue weighted by atomic mass is 10.1. The molecule has 0 aliphatic rings. The molecule has 0 aliphatic carbocycles. The minimum Gasteiger partial charge on any atom is -0.394 e. The van der Waals surface area contributed by atoms with E-state index in [-0.39, 0.29) is 6.61 Å². The van der Waals surface area contributed by atoms with Gasteiger partial charge in [-0.05, 0) is 31.0 Å². The maximum absolute atomic E-state index is 11.4. The summed E-state index contributed by atoms with van der Waals surface area (Å²) in [5, 5.41) is 15.0. The van der Waals surface area contributed by atoms with Gasteiger partial charge >= 0.3 is 0 Å². The van der Waals surface area contributed by atoms with Crippen molar-refractivity contribution >= 4 is 15.8 Å². The average Bonchev–Trinajstić information content (AvgIpc) is 2.44. The summed E-state index contributed by atoms with van der Waals surface area (Å²) in [7, 11) is -3.14. The standard InChI is InChI=1S/C14H23N3O3S/c1-3-15-14(17-10-11-18)16-9-8-12-4-6-13(7-5-12)21(2,19)20/h4-7,18H,3,8-11H2,1-2H3,(H2,15,16,17). The van der Waals surface area contributed by atoms with Crippen LogP contribution >= 0.6 is 0 Å². The molecule has 0 radical (unpaired) electrons. The van der Waals surface area contributed by atoms with E-state index in [1.54, 1.807) is 12.1 Å². The molecule has 0 aliphatic heterocycles. The third-order valence-corrected chi connectivity index (χ3v) is 3.90. The molecule has 0 heterocycles. The monoisotopic (exact) mass is 313 g/mol. The fraction of sp³-hybridized carbons (Fsp3) is 0.500. The van der Waals surface area contributed by atoms with Gasteiger partial charge in [-0.15, -0.1) is 0 Å². The summed E-state index contributed by atoms with van der Waals surface area (Å²) in [6.45, 7) is 3.78. The second kappa shape index (κ2) is 8.63. The lowest BCUT2D eigenvalue weighted by molar-refractivity contribution is 0.306. The van der Waals surface area contributed by atoms with Crippen LogP contribution in [0.1, 0.15) is 12.5 Å². The van der Waals surface area contributed by atoms with Crippen molar-refractivity contribution in [2.75, 3.05) is 32.5 Å². The van der Waals surface area contributed by atoms with Gasteiger partial charge in [-0.25, -0.2) is 8.42 Å². The van der Waals surface area contributed by atoms with Crippen LogP contribution in [0.4, 0.5) is 0 Å². The summed E-state index contributed by atoms with van der Waals surface area (Å²) in [4.78, 5) is 4.51. The normalized spacial score (nSPS) is 12.2. The van der Waals surface area contributed by atoms with Crippen molar-refractivity contribution in [1.29, 1.82) is 0 Å². The van der Waals surface area contributed by atoms with Crippen molar-refractivity contribution in [3.8, 4) is 0 Å². The lowest BCUT2D eigenvalue weighted by Crippen LogP contribution is -2.38. The van der Waals surface area contributed by atoms with Gasteiger partial charge in [0.15, 0.2) is 15.8 Å². The molecule has 0 spiro atoms. The Hall–Kier alpha value is -1.60. The molecule has 0 aromatic heterocycles. The number of nitrogens with zero attached hydrogens (tertiary/aromatic N) is 1. The largest absolute Gasteiger partial charge is 0.394 e. The van der Waals surface area contributed by atoms with Crippen molar-refractivity contribution < 1.29 is 13.5 Å². The van der Waals surface area contributed by atoms with Gasteiger partial charge in [0.25, 0.3) is 0 Å². The van der Waals surface area contributed by atoms with Crippen molar-refractivity contribution in [2.45, 2.75) is 18.2 Å². The van der Waals surface area contributed by atoms with Crippen LogP contribution in [-0.2, 0) is 16.3 Å². The summed E-state index contributed by atoms with van der Waals surface area (Å²) < 4.78 is 22.7. The van der Waals surface area contributed by atoms with Crippen molar-refractivity contribution in [3.63, 3.8) is 0 Å². The molecule has 0 amide bonds. The first kappa shape index (κ1) is 17.5. The highest BCUT2D eigenvalue weighted by atomic mass is 32.2. The number of sulfone groups is 1. The summed E-state index contributed by atoms with van der Waals surface area (Å²) in [6, 6.07) is 6.87. The molecule has 1 aromatic rings. The summed E-state index contributed by atoms with van der Waals surface area (Å²) in [5.74, 6) is 0.666. The number of rotatable bonds is 7. The molecule has 0 unspecified atom stereocenters. The SMILES string of the molecule is CCNC(=NCCO)NCCc1ccc(S(C)(=O)=O)cc1. The number of hydrogen-bond donors (Lipinski definition) is 3. The van der Waals surface area contributed by atoms with Crippen LogP contribution in [-0.4, -0.2) is 52.0 Å². The van der Waals surface area contributed by atoms with Gasteiger partial charge < -0.3 is 15.7 Å². The smallest absolute Gasteiger partial charge is 0.191 e. The third kappa shape index (κ3) is 6.59. The van der Waals surface area contributed by atoms with Gasteiger partial charge in [0.05, 0.1) is 18.0 Å². The zero-order valence-electron chi connectivity index (χ0n) is 12.5. The van der Waals surface area contributed by atoms with Gasteiger partial charge in [0, 0.05) is 19.3 Å².